The Morgan fingerprint density at radius 1 is 1.26 bits per heavy atom. The fraction of sp³-hybridized carbons (Fsp3) is 0.381. The molecule has 0 amide bonds. The molecule has 9 nitrogen and oxygen atoms in total. The number of piperidine rings is 1. The van der Waals surface area contributed by atoms with Crippen LogP contribution in [0.25, 0.3) is 16.9 Å². The lowest BCUT2D eigenvalue weighted by Gasteiger charge is -2.47. The van der Waals surface area contributed by atoms with Crippen LogP contribution in [0.5, 0.6) is 5.75 Å². The molecule has 2 aliphatic heterocycles. The number of benzene rings is 1. The van der Waals surface area contributed by atoms with Crippen molar-refractivity contribution in [3.05, 3.63) is 48.9 Å². The first-order valence-corrected chi connectivity index (χ1v) is 10.0. The van der Waals surface area contributed by atoms with Gasteiger partial charge in [-0.15, -0.1) is 15.3 Å². The summed E-state index contributed by atoms with van der Waals surface area (Å²) >= 11 is 0. The van der Waals surface area contributed by atoms with Crippen LogP contribution in [0.15, 0.2) is 48.9 Å². The van der Waals surface area contributed by atoms with Gasteiger partial charge in [0, 0.05) is 24.2 Å². The number of nitrogens with zero attached hydrogens (tertiary/aromatic N) is 7. The zero-order valence-corrected chi connectivity index (χ0v) is 17.4. The Balaban J connectivity index is 1.38. The van der Waals surface area contributed by atoms with Gasteiger partial charge in [-0.2, -0.15) is 0 Å². The number of anilines is 1. The van der Waals surface area contributed by atoms with Crippen LogP contribution in [0.2, 0.25) is 0 Å². The van der Waals surface area contributed by atoms with Crippen LogP contribution < -0.4 is 10.2 Å². The number of rotatable bonds is 4. The Labute approximate surface area is 178 Å². The number of alkyl halides is 1. The highest BCUT2D eigenvalue weighted by molar-refractivity contribution is 5.68. The van der Waals surface area contributed by atoms with Gasteiger partial charge in [-0.3, -0.25) is 5.32 Å². The van der Waals surface area contributed by atoms with Crippen LogP contribution in [-0.4, -0.2) is 65.6 Å². The topological polar surface area (TPSA) is 105 Å². The predicted octanol–water partition coefficient (Wildman–Crippen LogP) is 2.05. The number of phenols is 1. The van der Waals surface area contributed by atoms with Gasteiger partial charge in [0.05, 0.1) is 35.9 Å². The molecule has 1 aromatic carbocycles. The summed E-state index contributed by atoms with van der Waals surface area (Å²) in [6.45, 7) is 3.93. The number of aromatic nitrogens is 6. The van der Waals surface area contributed by atoms with Gasteiger partial charge >= 0.3 is 0 Å². The monoisotopic (exact) mass is 422 g/mol. The molecule has 2 aliphatic rings. The highest BCUT2D eigenvalue weighted by atomic mass is 19.1. The molecule has 4 atom stereocenters. The van der Waals surface area contributed by atoms with Gasteiger partial charge in [-0.1, -0.05) is 17.4 Å². The van der Waals surface area contributed by atoms with Gasteiger partial charge in [0.1, 0.15) is 17.6 Å². The number of halogens is 1. The van der Waals surface area contributed by atoms with E-state index in [1.54, 1.807) is 47.2 Å². The van der Waals surface area contributed by atoms with E-state index in [0.717, 1.165) is 0 Å². The molecule has 1 fully saturated rings. The Morgan fingerprint density at radius 3 is 2.77 bits per heavy atom. The van der Waals surface area contributed by atoms with E-state index >= 15 is 4.39 Å². The molecular formula is C21H23FN8O. The lowest BCUT2D eigenvalue weighted by Crippen LogP contribution is -2.66. The molecule has 2 N–H and O–H groups in total. The number of nitrogens with one attached hydrogen (secondary N) is 1. The third-order valence-electron chi connectivity index (χ3n) is 6.20. The number of aromatic hydroxyl groups is 1. The van der Waals surface area contributed by atoms with Crippen molar-refractivity contribution < 1.29 is 9.50 Å². The van der Waals surface area contributed by atoms with Crippen molar-refractivity contribution in [2.45, 2.75) is 43.6 Å². The molecule has 0 spiro atoms. The van der Waals surface area contributed by atoms with Crippen molar-refractivity contribution >= 4 is 5.95 Å². The Hall–Kier alpha value is -3.40. The second-order valence-corrected chi connectivity index (χ2v) is 8.64. The van der Waals surface area contributed by atoms with E-state index in [4.69, 9.17) is 0 Å². The number of phenolic OH excluding ortho intramolecular Hbond substituents is 1. The molecule has 3 aromatic rings. The minimum atomic E-state index is -1.12. The normalized spacial score (nSPS) is 29.3. The Bertz CT molecular complexity index is 1130. The van der Waals surface area contributed by atoms with Crippen LogP contribution in [0.1, 0.15) is 20.3 Å². The smallest absolute Gasteiger partial charge is 0.245 e. The first-order chi connectivity index (χ1) is 14.8. The van der Waals surface area contributed by atoms with E-state index in [9.17, 15) is 5.11 Å². The van der Waals surface area contributed by atoms with Crippen molar-refractivity contribution in [2.75, 3.05) is 11.9 Å². The second-order valence-electron chi connectivity index (χ2n) is 8.64. The number of hydrogen-bond donors (Lipinski definition) is 2. The molecular weight excluding hydrogens is 399 g/mol. The predicted molar refractivity (Wildman–Crippen MR) is 113 cm³/mol. The first-order valence-electron chi connectivity index (χ1n) is 10.0. The zero-order valence-electron chi connectivity index (χ0n) is 17.4. The minimum absolute atomic E-state index is 0.0240. The van der Waals surface area contributed by atoms with E-state index in [2.05, 4.69) is 37.7 Å². The number of hydrogen-bond acceptors (Lipinski definition) is 8. The van der Waals surface area contributed by atoms with Crippen LogP contribution in [0.3, 0.4) is 0 Å². The fourth-order valence-electron chi connectivity index (χ4n) is 4.53. The van der Waals surface area contributed by atoms with E-state index < -0.39 is 17.8 Å². The second kappa shape index (κ2) is 6.81. The largest absolute Gasteiger partial charge is 0.507 e. The number of fused-ring (bicyclic) bond motifs is 2. The van der Waals surface area contributed by atoms with Gasteiger partial charge in [-0.05, 0) is 32.4 Å². The maximum atomic E-state index is 15.3. The summed E-state index contributed by atoms with van der Waals surface area (Å²) < 4.78 is 16.8. The summed E-state index contributed by atoms with van der Waals surface area (Å²) in [6, 6.07) is 4.68. The highest BCUT2D eigenvalue weighted by Gasteiger charge is 2.53. The first kappa shape index (κ1) is 19.6. The van der Waals surface area contributed by atoms with Gasteiger partial charge in [0.25, 0.3) is 0 Å². The van der Waals surface area contributed by atoms with Crippen molar-refractivity contribution in [2.24, 2.45) is 0 Å². The van der Waals surface area contributed by atoms with E-state index in [1.807, 2.05) is 19.1 Å². The lowest BCUT2D eigenvalue weighted by atomic mass is 9.81. The lowest BCUT2D eigenvalue weighted by molar-refractivity contribution is 0.0999. The molecule has 2 bridgehead atoms. The maximum Gasteiger partial charge on any atom is 0.245 e. The molecule has 4 heterocycles. The summed E-state index contributed by atoms with van der Waals surface area (Å²) in [6.07, 6.45) is 8.20. The van der Waals surface area contributed by atoms with Crippen molar-refractivity contribution in [3.8, 4) is 22.7 Å². The molecule has 31 heavy (non-hydrogen) atoms. The molecule has 5 rings (SSSR count). The van der Waals surface area contributed by atoms with Crippen molar-refractivity contribution in [1.29, 1.82) is 0 Å². The molecule has 0 saturated carbocycles. The van der Waals surface area contributed by atoms with Crippen LogP contribution in [0.4, 0.5) is 10.3 Å². The van der Waals surface area contributed by atoms with Crippen molar-refractivity contribution in [3.63, 3.8) is 0 Å². The Kier molecular flexibility index (Phi) is 4.30. The quantitative estimate of drug-likeness (QED) is 0.616. The average molecular weight is 422 g/mol. The minimum Gasteiger partial charge on any atom is -0.507 e. The van der Waals surface area contributed by atoms with Gasteiger partial charge in [0.2, 0.25) is 5.95 Å². The average Bonchev–Trinajstić information content (AvgIpc) is 3.38. The Morgan fingerprint density at radius 2 is 2.10 bits per heavy atom. The summed E-state index contributed by atoms with van der Waals surface area (Å²) in [5.74, 6) is 0.361. The standard InChI is InChI=1S/C21H23FN8O/c1-20-6-7-21(2,27-20)18(22)16(11-20)29(3)19-23-12-15(25-26-19)14-5-4-13(10-17(14)31)30-9-8-24-28-30/h4-10,12,16,18,27,31H,11H2,1-3H3/t16-,18+,20-,21+/m0/s1. The van der Waals surface area contributed by atoms with E-state index in [0.29, 0.717) is 29.3 Å². The fourth-order valence-corrected chi connectivity index (χ4v) is 4.53. The van der Waals surface area contributed by atoms with Gasteiger partial charge in [0.15, 0.2) is 0 Å². The third kappa shape index (κ3) is 3.23. The van der Waals surface area contributed by atoms with Crippen molar-refractivity contribution in [1.82, 2.24) is 35.5 Å². The molecule has 0 radical (unpaired) electrons. The zero-order chi connectivity index (χ0) is 21.8. The highest BCUT2D eigenvalue weighted by Crippen LogP contribution is 2.41. The van der Waals surface area contributed by atoms with Crippen LogP contribution >= 0.6 is 0 Å². The molecule has 0 aliphatic carbocycles. The maximum absolute atomic E-state index is 15.3. The van der Waals surface area contributed by atoms with Gasteiger partial charge < -0.3 is 10.0 Å². The summed E-state index contributed by atoms with van der Waals surface area (Å²) in [5, 5.41) is 29.9. The molecule has 160 valence electrons. The summed E-state index contributed by atoms with van der Waals surface area (Å²) in [4.78, 5) is 6.15. The summed E-state index contributed by atoms with van der Waals surface area (Å²) in [5.41, 5.74) is 0.604. The molecule has 1 saturated heterocycles. The molecule has 0 unspecified atom stereocenters. The SMILES string of the molecule is CN(c1ncc(-c2ccc(-n3ccnn3)cc2O)nn1)[C@H]1C[C@]2(C)C=C[C@@](C)(N2)[C@@H]1F. The molecule has 10 heteroatoms. The third-order valence-corrected chi connectivity index (χ3v) is 6.20. The summed E-state index contributed by atoms with van der Waals surface area (Å²) in [7, 11) is 1.79. The van der Waals surface area contributed by atoms with E-state index in [-0.39, 0.29) is 11.3 Å². The van der Waals surface area contributed by atoms with E-state index in [1.165, 1.54) is 6.20 Å². The van der Waals surface area contributed by atoms with Crippen LogP contribution in [-0.2, 0) is 0 Å². The van der Waals surface area contributed by atoms with Crippen LogP contribution in [0, 0.1) is 0 Å². The van der Waals surface area contributed by atoms with Gasteiger partial charge in [-0.25, -0.2) is 14.1 Å². The molecule has 2 aromatic heterocycles.